The molecule has 0 spiro atoms. The van der Waals surface area contributed by atoms with Gasteiger partial charge in [-0.3, -0.25) is 4.79 Å². The summed E-state index contributed by atoms with van der Waals surface area (Å²) in [6.45, 7) is 0. The zero-order valence-electron chi connectivity index (χ0n) is 16.3. The van der Waals surface area contributed by atoms with E-state index in [0.717, 1.165) is 16.9 Å². The molecule has 1 unspecified atom stereocenters. The molecule has 0 heterocycles. The number of carbonyl (C=O) groups is 1. The average molecular weight is 410 g/mol. The summed E-state index contributed by atoms with van der Waals surface area (Å²) in [6.07, 6.45) is 1.19. The summed E-state index contributed by atoms with van der Waals surface area (Å²) in [6, 6.07) is 23.6. The Balaban J connectivity index is 1.84. The summed E-state index contributed by atoms with van der Waals surface area (Å²) in [5.41, 5.74) is 3.01. The van der Waals surface area contributed by atoms with Crippen LogP contribution in [0.25, 0.3) is 0 Å². The van der Waals surface area contributed by atoms with Gasteiger partial charge in [-0.25, -0.2) is 8.42 Å². The third kappa shape index (κ3) is 5.68. The molecule has 0 aromatic heterocycles. The number of hydrogen-bond donors (Lipinski definition) is 1. The van der Waals surface area contributed by atoms with Gasteiger partial charge < -0.3 is 10.1 Å². The summed E-state index contributed by atoms with van der Waals surface area (Å²) in [4.78, 5) is 12.9. The molecule has 0 radical (unpaired) electrons. The lowest BCUT2D eigenvalue weighted by molar-refractivity contribution is 0.0943. The van der Waals surface area contributed by atoms with Gasteiger partial charge >= 0.3 is 0 Å². The van der Waals surface area contributed by atoms with Gasteiger partial charge in [0.2, 0.25) is 0 Å². The van der Waals surface area contributed by atoms with Crippen LogP contribution in [0.15, 0.2) is 78.9 Å². The lowest BCUT2D eigenvalue weighted by Crippen LogP contribution is -2.29. The Labute approximate surface area is 171 Å². The molecule has 0 bridgehead atoms. The minimum atomic E-state index is -3.12. The fourth-order valence-electron chi connectivity index (χ4n) is 3.07. The van der Waals surface area contributed by atoms with Gasteiger partial charge in [-0.05, 0) is 41.0 Å². The molecule has 0 aliphatic rings. The van der Waals surface area contributed by atoms with Gasteiger partial charge in [0.1, 0.15) is 5.75 Å². The molecule has 1 atom stereocenters. The molecular weight excluding hydrogens is 386 g/mol. The summed E-state index contributed by atoms with van der Waals surface area (Å²) < 4.78 is 28.1. The second-order valence-corrected chi connectivity index (χ2v) is 9.00. The van der Waals surface area contributed by atoms with Crippen molar-refractivity contribution in [1.29, 1.82) is 0 Å². The smallest absolute Gasteiger partial charge is 0.252 e. The molecule has 0 saturated heterocycles. The van der Waals surface area contributed by atoms with Crippen molar-refractivity contribution in [3.05, 3.63) is 101 Å². The third-order valence-corrected chi connectivity index (χ3v) is 5.36. The fourth-order valence-corrected chi connectivity index (χ4v) is 3.87. The SMILES string of the molecule is COc1ccc(C(NC(=O)c2ccc(CS(C)(=O)=O)cc2)c2ccccc2)cc1. The average Bonchev–Trinajstić information content (AvgIpc) is 2.72. The molecule has 3 rings (SSSR count). The van der Waals surface area contributed by atoms with Crippen LogP contribution in [0.2, 0.25) is 0 Å². The van der Waals surface area contributed by atoms with Crippen LogP contribution in [-0.2, 0) is 15.6 Å². The van der Waals surface area contributed by atoms with E-state index in [-0.39, 0.29) is 17.7 Å². The summed E-state index contributed by atoms with van der Waals surface area (Å²) in [5.74, 6) is 0.460. The van der Waals surface area contributed by atoms with E-state index in [4.69, 9.17) is 4.74 Å². The van der Waals surface area contributed by atoms with Crippen molar-refractivity contribution in [1.82, 2.24) is 5.32 Å². The predicted octanol–water partition coefficient (Wildman–Crippen LogP) is 3.76. The van der Waals surface area contributed by atoms with Crippen LogP contribution in [0.3, 0.4) is 0 Å². The Morgan fingerprint density at radius 3 is 2.03 bits per heavy atom. The molecule has 3 aromatic carbocycles. The summed E-state index contributed by atoms with van der Waals surface area (Å²) in [5, 5.41) is 3.07. The topological polar surface area (TPSA) is 72.5 Å². The van der Waals surface area contributed by atoms with Gasteiger partial charge in [-0.15, -0.1) is 0 Å². The van der Waals surface area contributed by atoms with Gasteiger partial charge in [0.05, 0.1) is 18.9 Å². The zero-order chi connectivity index (χ0) is 20.9. The van der Waals surface area contributed by atoms with Gasteiger partial charge in [0.25, 0.3) is 5.91 Å². The van der Waals surface area contributed by atoms with Gasteiger partial charge in [0, 0.05) is 11.8 Å². The number of benzene rings is 3. The highest BCUT2D eigenvalue weighted by Crippen LogP contribution is 2.24. The molecular formula is C23H23NO4S. The molecule has 6 heteroatoms. The standard InChI is InChI=1S/C23H23NO4S/c1-28-21-14-12-19(13-15-21)22(18-6-4-3-5-7-18)24-23(25)20-10-8-17(9-11-20)16-29(2,26)27/h3-15,22H,16H2,1-2H3,(H,24,25). The molecule has 150 valence electrons. The Kier molecular flexibility index (Phi) is 6.34. The number of hydrogen-bond acceptors (Lipinski definition) is 4. The van der Waals surface area contributed by atoms with Crippen LogP contribution in [0.1, 0.15) is 33.1 Å². The number of rotatable bonds is 7. The van der Waals surface area contributed by atoms with E-state index in [1.807, 2.05) is 54.6 Å². The first-order chi connectivity index (χ1) is 13.9. The molecule has 5 nitrogen and oxygen atoms in total. The first-order valence-electron chi connectivity index (χ1n) is 9.12. The van der Waals surface area contributed by atoms with Crippen molar-refractivity contribution < 1.29 is 17.9 Å². The molecule has 1 amide bonds. The normalized spacial score (nSPS) is 12.2. The molecule has 0 saturated carbocycles. The number of amides is 1. The largest absolute Gasteiger partial charge is 0.497 e. The molecule has 29 heavy (non-hydrogen) atoms. The van der Waals surface area contributed by atoms with Crippen molar-refractivity contribution in [3.63, 3.8) is 0 Å². The van der Waals surface area contributed by atoms with E-state index in [1.54, 1.807) is 31.4 Å². The number of methoxy groups -OCH3 is 1. The van der Waals surface area contributed by atoms with Gasteiger partial charge in [0.15, 0.2) is 9.84 Å². The summed E-state index contributed by atoms with van der Waals surface area (Å²) >= 11 is 0. The number of carbonyl (C=O) groups excluding carboxylic acids is 1. The lowest BCUT2D eigenvalue weighted by atomic mass is 9.98. The minimum absolute atomic E-state index is 0.0482. The van der Waals surface area contributed by atoms with Crippen LogP contribution in [0, 0.1) is 0 Å². The molecule has 0 aliphatic heterocycles. The van der Waals surface area contributed by atoms with Crippen LogP contribution in [0.5, 0.6) is 5.75 Å². The Hall–Kier alpha value is -3.12. The van der Waals surface area contributed by atoms with E-state index in [2.05, 4.69) is 5.32 Å². The highest BCUT2D eigenvalue weighted by Gasteiger charge is 2.18. The molecule has 1 N–H and O–H groups in total. The third-order valence-electron chi connectivity index (χ3n) is 4.50. The number of sulfone groups is 1. The zero-order valence-corrected chi connectivity index (χ0v) is 17.1. The van der Waals surface area contributed by atoms with Crippen molar-refractivity contribution in [2.75, 3.05) is 13.4 Å². The molecule has 0 fully saturated rings. The van der Waals surface area contributed by atoms with Gasteiger partial charge in [-0.2, -0.15) is 0 Å². The van der Waals surface area contributed by atoms with E-state index in [0.29, 0.717) is 11.1 Å². The molecule has 0 aliphatic carbocycles. The Morgan fingerprint density at radius 1 is 0.897 bits per heavy atom. The van der Waals surface area contributed by atoms with Crippen LogP contribution < -0.4 is 10.1 Å². The Bertz CT molecular complexity index is 1060. The van der Waals surface area contributed by atoms with Crippen molar-refractivity contribution in [3.8, 4) is 5.75 Å². The first-order valence-corrected chi connectivity index (χ1v) is 11.2. The van der Waals surface area contributed by atoms with E-state index in [1.165, 1.54) is 6.26 Å². The van der Waals surface area contributed by atoms with Gasteiger partial charge in [-0.1, -0.05) is 54.6 Å². The summed E-state index contributed by atoms with van der Waals surface area (Å²) in [7, 11) is -1.51. The van der Waals surface area contributed by atoms with E-state index < -0.39 is 9.84 Å². The van der Waals surface area contributed by atoms with Crippen LogP contribution in [0.4, 0.5) is 0 Å². The highest BCUT2D eigenvalue weighted by molar-refractivity contribution is 7.89. The highest BCUT2D eigenvalue weighted by atomic mass is 32.2. The van der Waals surface area contributed by atoms with Crippen molar-refractivity contribution in [2.45, 2.75) is 11.8 Å². The van der Waals surface area contributed by atoms with E-state index in [9.17, 15) is 13.2 Å². The van der Waals surface area contributed by atoms with Crippen molar-refractivity contribution >= 4 is 15.7 Å². The lowest BCUT2D eigenvalue weighted by Gasteiger charge is -2.20. The second-order valence-electron chi connectivity index (χ2n) is 6.86. The predicted molar refractivity (Wildman–Crippen MR) is 114 cm³/mol. The monoisotopic (exact) mass is 409 g/mol. The maximum atomic E-state index is 12.9. The van der Waals surface area contributed by atoms with E-state index >= 15 is 0 Å². The minimum Gasteiger partial charge on any atom is -0.497 e. The van der Waals surface area contributed by atoms with Crippen LogP contribution >= 0.6 is 0 Å². The number of ether oxygens (including phenoxy) is 1. The molecule has 3 aromatic rings. The number of nitrogens with one attached hydrogen (secondary N) is 1. The second kappa shape index (κ2) is 8.92. The first kappa shape index (κ1) is 20.6. The maximum absolute atomic E-state index is 12.9. The quantitative estimate of drug-likeness (QED) is 0.645. The van der Waals surface area contributed by atoms with Crippen molar-refractivity contribution in [2.24, 2.45) is 0 Å². The maximum Gasteiger partial charge on any atom is 0.252 e. The Morgan fingerprint density at radius 2 is 1.48 bits per heavy atom. The fraction of sp³-hybridized carbons (Fsp3) is 0.174. The van der Waals surface area contributed by atoms with Crippen LogP contribution in [-0.4, -0.2) is 27.7 Å².